The van der Waals surface area contributed by atoms with E-state index in [0.717, 1.165) is 6.42 Å². The number of hydrogen-bond donors (Lipinski definition) is 1. The topological polar surface area (TPSA) is 46.1 Å². The van der Waals surface area contributed by atoms with Crippen molar-refractivity contribution < 1.29 is 14.5 Å². The smallest absolute Gasteiger partial charge is 0.307 e. The van der Waals surface area contributed by atoms with E-state index in [1.165, 1.54) is 37.9 Å². The molecule has 0 aliphatic rings. The standard InChI is InChI=1S/C14H24N2O2/c1-3-4-5-6-7-8-13-15(2)11-12-16(13)10-9-14(17)18/h11-12H,3-10H2,1-2H3/p+1. The van der Waals surface area contributed by atoms with E-state index < -0.39 is 5.97 Å². The van der Waals surface area contributed by atoms with Gasteiger partial charge in [-0.25, -0.2) is 9.13 Å². The van der Waals surface area contributed by atoms with Crippen LogP contribution in [0.5, 0.6) is 0 Å². The summed E-state index contributed by atoms with van der Waals surface area (Å²) in [5.74, 6) is 0.494. The Morgan fingerprint density at radius 2 is 2.06 bits per heavy atom. The van der Waals surface area contributed by atoms with Crippen molar-refractivity contribution in [3.8, 4) is 0 Å². The summed E-state index contributed by atoms with van der Waals surface area (Å²) in [7, 11) is 2.03. The van der Waals surface area contributed by atoms with E-state index in [9.17, 15) is 4.79 Å². The Labute approximate surface area is 109 Å². The highest BCUT2D eigenvalue weighted by Crippen LogP contribution is 2.07. The molecule has 0 aromatic carbocycles. The average molecular weight is 253 g/mol. The highest BCUT2D eigenvalue weighted by molar-refractivity contribution is 5.66. The van der Waals surface area contributed by atoms with E-state index >= 15 is 0 Å². The number of rotatable bonds is 9. The molecule has 0 saturated heterocycles. The summed E-state index contributed by atoms with van der Waals surface area (Å²) in [5.41, 5.74) is 0. The van der Waals surface area contributed by atoms with Gasteiger partial charge in [0.2, 0.25) is 0 Å². The van der Waals surface area contributed by atoms with Gasteiger partial charge in [0.25, 0.3) is 5.82 Å². The zero-order chi connectivity index (χ0) is 13.4. The van der Waals surface area contributed by atoms with Gasteiger partial charge in [-0.1, -0.05) is 32.6 Å². The van der Waals surface area contributed by atoms with E-state index in [2.05, 4.69) is 16.1 Å². The van der Waals surface area contributed by atoms with Gasteiger partial charge in [0.15, 0.2) is 0 Å². The van der Waals surface area contributed by atoms with Crippen LogP contribution in [0.25, 0.3) is 0 Å². The molecule has 1 heterocycles. The molecule has 102 valence electrons. The van der Waals surface area contributed by atoms with Crippen molar-refractivity contribution in [3.05, 3.63) is 18.2 Å². The summed E-state index contributed by atoms with van der Waals surface area (Å²) in [4.78, 5) is 10.6. The molecule has 1 aromatic heterocycles. The molecule has 0 aliphatic carbocycles. The maximum atomic E-state index is 10.6. The third-order valence-corrected chi connectivity index (χ3v) is 3.28. The zero-order valence-corrected chi connectivity index (χ0v) is 11.6. The molecular formula is C14H25N2O2+. The summed E-state index contributed by atoms with van der Waals surface area (Å²) in [5, 5.41) is 8.73. The Kier molecular flexibility index (Phi) is 6.47. The maximum Gasteiger partial charge on any atom is 0.307 e. The summed E-state index contributed by atoms with van der Waals surface area (Å²) < 4.78 is 4.16. The van der Waals surface area contributed by atoms with E-state index in [-0.39, 0.29) is 6.42 Å². The van der Waals surface area contributed by atoms with Crippen molar-refractivity contribution >= 4 is 5.97 Å². The third-order valence-electron chi connectivity index (χ3n) is 3.28. The van der Waals surface area contributed by atoms with Gasteiger partial charge < -0.3 is 5.11 Å². The molecule has 0 fully saturated rings. The lowest BCUT2D eigenvalue weighted by molar-refractivity contribution is -0.678. The van der Waals surface area contributed by atoms with Crippen molar-refractivity contribution in [1.29, 1.82) is 0 Å². The Hall–Kier alpha value is -1.32. The number of imidazole rings is 1. The van der Waals surface area contributed by atoms with E-state index in [4.69, 9.17) is 5.11 Å². The Morgan fingerprint density at radius 3 is 2.72 bits per heavy atom. The normalized spacial score (nSPS) is 10.8. The lowest BCUT2D eigenvalue weighted by atomic mass is 10.1. The second kappa shape index (κ2) is 7.90. The molecule has 0 amide bonds. The molecule has 0 bridgehead atoms. The molecule has 0 atom stereocenters. The molecule has 4 heteroatoms. The minimum Gasteiger partial charge on any atom is -0.481 e. The number of carboxylic acid groups (broad SMARTS) is 1. The predicted molar refractivity (Wildman–Crippen MR) is 70.3 cm³/mol. The Morgan fingerprint density at radius 1 is 1.33 bits per heavy atom. The van der Waals surface area contributed by atoms with Crippen LogP contribution in [0.4, 0.5) is 0 Å². The van der Waals surface area contributed by atoms with Gasteiger partial charge in [0.1, 0.15) is 18.9 Å². The van der Waals surface area contributed by atoms with Crippen molar-refractivity contribution in [3.63, 3.8) is 0 Å². The van der Waals surface area contributed by atoms with Crippen LogP contribution >= 0.6 is 0 Å². The van der Waals surface area contributed by atoms with Gasteiger partial charge in [-0.3, -0.25) is 4.79 Å². The summed E-state index contributed by atoms with van der Waals surface area (Å²) in [6, 6.07) is 0. The van der Waals surface area contributed by atoms with Crippen molar-refractivity contribution in [2.24, 2.45) is 7.05 Å². The number of hydrogen-bond acceptors (Lipinski definition) is 1. The van der Waals surface area contributed by atoms with Crippen LogP contribution in [0.1, 0.15) is 51.3 Å². The van der Waals surface area contributed by atoms with Crippen LogP contribution < -0.4 is 4.57 Å². The number of aliphatic carboxylic acids is 1. The number of carboxylic acids is 1. The first-order chi connectivity index (χ1) is 8.65. The molecule has 1 rings (SSSR count). The molecule has 0 saturated carbocycles. The highest BCUT2D eigenvalue weighted by atomic mass is 16.4. The fraction of sp³-hybridized carbons (Fsp3) is 0.714. The Balaban J connectivity index is 2.42. The first-order valence-electron chi connectivity index (χ1n) is 6.90. The quantitative estimate of drug-likeness (QED) is 0.542. The average Bonchev–Trinajstić information content (AvgIpc) is 2.68. The molecule has 0 aliphatic heterocycles. The van der Waals surface area contributed by atoms with Crippen LogP contribution in [0, 0.1) is 0 Å². The zero-order valence-electron chi connectivity index (χ0n) is 11.6. The van der Waals surface area contributed by atoms with Gasteiger partial charge >= 0.3 is 5.97 Å². The number of carbonyl (C=O) groups is 1. The second-order valence-corrected chi connectivity index (χ2v) is 4.83. The van der Waals surface area contributed by atoms with E-state index in [0.29, 0.717) is 6.54 Å². The molecule has 0 radical (unpaired) electrons. The van der Waals surface area contributed by atoms with Crippen LogP contribution in [-0.4, -0.2) is 15.6 Å². The van der Waals surface area contributed by atoms with Crippen LogP contribution in [0.2, 0.25) is 0 Å². The minimum atomic E-state index is -0.736. The van der Waals surface area contributed by atoms with Gasteiger partial charge in [-0.05, 0) is 6.42 Å². The van der Waals surface area contributed by atoms with Crippen molar-refractivity contribution in [1.82, 2.24) is 4.57 Å². The van der Waals surface area contributed by atoms with Gasteiger partial charge in [-0.2, -0.15) is 0 Å². The lowest BCUT2D eigenvalue weighted by Crippen LogP contribution is -2.32. The monoisotopic (exact) mass is 253 g/mol. The molecule has 4 nitrogen and oxygen atoms in total. The Bertz CT molecular complexity index is 372. The lowest BCUT2D eigenvalue weighted by Gasteiger charge is -2.02. The highest BCUT2D eigenvalue weighted by Gasteiger charge is 2.14. The molecular weight excluding hydrogens is 228 g/mol. The maximum absolute atomic E-state index is 10.6. The molecule has 1 N–H and O–H groups in total. The fourth-order valence-electron chi connectivity index (χ4n) is 2.18. The third kappa shape index (κ3) is 4.90. The number of nitrogens with zero attached hydrogens (tertiary/aromatic N) is 2. The van der Waals surface area contributed by atoms with Gasteiger partial charge in [0.05, 0.1) is 13.5 Å². The molecule has 0 unspecified atom stereocenters. The van der Waals surface area contributed by atoms with E-state index in [1.807, 2.05) is 19.4 Å². The number of unbranched alkanes of at least 4 members (excludes halogenated alkanes) is 4. The molecule has 0 spiro atoms. The van der Waals surface area contributed by atoms with Crippen LogP contribution in [-0.2, 0) is 24.8 Å². The van der Waals surface area contributed by atoms with Gasteiger partial charge in [0, 0.05) is 6.42 Å². The minimum absolute atomic E-state index is 0.192. The molecule has 1 aromatic rings. The molecule has 18 heavy (non-hydrogen) atoms. The summed E-state index contributed by atoms with van der Waals surface area (Å²) in [6.45, 7) is 2.79. The van der Waals surface area contributed by atoms with Gasteiger partial charge in [-0.15, -0.1) is 0 Å². The summed E-state index contributed by atoms with van der Waals surface area (Å²) in [6.07, 6.45) is 11.5. The fourth-order valence-corrected chi connectivity index (χ4v) is 2.18. The predicted octanol–water partition coefficient (Wildman–Crippen LogP) is 2.30. The summed E-state index contributed by atoms with van der Waals surface area (Å²) >= 11 is 0. The first-order valence-corrected chi connectivity index (χ1v) is 6.90. The number of aromatic nitrogens is 2. The van der Waals surface area contributed by atoms with Crippen LogP contribution in [0.3, 0.4) is 0 Å². The van der Waals surface area contributed by atoms with Crippen molar-refractivity contribution in [2.75, 3.05) is 0 Å². The number of aryl methyl sites for hydroxylation is 2. The SMILES string of the molecule is CCCCCCCc1n(CCC(=O)O)cc[n+]1C. The van der Waals surface area contributed by atoms with Crippen molar-refractivity contribution in [2.45, 2.75) is 58.4 Å². The largest absolute Gasteiger partial charge is 0.481 e. The second-order valence-electron chi connectivity index (χ2n) is 4.83. The van der Waals surface area contributed by atoms with E-state index in [1.54, 1.807) is 0 Å². The first kappa shape index (κ1) is 14.7. The van der Waals surface area contributed by atoms with Crippen LogP contribution in [0.15, 0.2) is 12.4 Å².